The Morgan fingerprint density at radius 2 is 1.84 bits per heavy atom. The van der Waals surface area contributed by atoms with Gasteiger partial charge in [0.25, 0.3) is 5.91 Å². The van der Waals surface area contributed by atoms with E-state index in [9.17, 15) is 4.79 Å². The lowest BCUT2D eigenvalue weighted by atomic mass is 10.1. The minimum Gasteiger partial charge on any atom is -0.451 e. The number of hydrogen-bond donors (Lipinski definition) is 1. The number of aryl methyl sites for hydroxylation is 2. The van der Waals surface area contributed by atoms with E-state index in [0.717, 1.165) is 21.5 Å². The highest BCUT2D eigenvalue weighted by atomic mass is 32.1. The van der Waals surface area contributed by atoms with E-state index >= 15 is 0 Å². The number of benzene rings is 2. The van der Waals surface area contributed by atoms with Crippen molar-refractivity contribution in [3.05, 3.63) is 70.8 Å². The van der Waals surface area contributed by atoms with Gasteiger partial charge in [-0.15, -0.1) is 11.3 Å². The molecule has 5 heteroatoms. The van der Waals surface area contributed by atoms with Gasteiger partial charge in [-0.2, -0.15) is 0 Å². The molecule has 0 unspecified atom stereocenters. The van der Waals surface area contributed by atoms with E-state index in [-0.39, 0.29) is 11.7 Å². The molecule has 0 aliphatic heterocycles. The summed E-state index contributed by atoms with van der Waals surface area (Å²) in [6.07, 6.45) is 0. The number of anilines is 1. The molecular weight excluding hydrogens is 332 g/mol. The highest BCUT2D eigenvalue weighted by Gasteiger charge is 2.16. The number of amides is 1. The minimum absolute atomic E-state index is 0.283. The monoisotopic (exact) mass is 348 g/mol. The zero-order chi connectivity index (χ0) is 17.4. The first-order valence-corrected chi connectivity index (χ1v) is 8.76. The maximum atomic E-state index is 12.4. The SMILES string of the molecule is Cc1ccc(-c2nc(NC(=O)c3cc4ccccc4o3)sc2C)cc1. The summed E-state index contributed by atoms with van der Waals surface area (Å²) in [5.74, 6) is -0.00801. The lowest BCUT2D eigenvalue weighted by Gasteiger charge is -1.99. The van der Waals surface area contributed by atoms with Gasteiger partial charge in [-0.05, 0) is 26.0 Å². The highest BCUT2D eigenvalue weighted by molar-refractivity contribution is 7.16. The molecular formula is C20H16N2O2S. The van der Waals surface area contributed by atoms with Crippen molar-refractivity contribution in [3.8, 4) is 11.3 Å². The van der Waals surface area contributed by atoms with Gasteiger partial charge in [0.1, 0.15) is 5.58 Å². The molecule has 0 fully saturated rings. The first-order valence-electron chi connectivity index (χ1n) is 7.94. The van der Waals surface area contributed by atoms with Gasteiger partial charge in [-0.1, -0.05) is 48.0 Å². The molecule has 4 rings (SSSR count). The van der Waals surface area contributed by atoms with Crippen LogP contribution in [-0.4, -0.2) is 10.9 Å². The Labute approximate surface area is 149 Å². The van der Waals surface area contributed by atoms with E-state index in [4.69, 9.17) is 4.42 Å². The van der Waals surface area contributed by atoms with Crippen molar-refractivity contribution in [1.29, 1.82) is 0 Å². The average Bonchev–Trinajstić information content (AvgIpc) is 3.19. The van der Waals surface area contributed by atoms with E-state index in [2.05, 4.69) is 29.4 Å². The number of nitrogens with zero attached hydrogens (tertiary/aromatic N) is 1. The minimum atomic E-state index is -0.291. The fourth-order valence-corrected chi connectivity index (χ4v) is 3.51. The molecule has 2 heterocycles. The van der Waals surface area contributed by atoms with Crippen molar-refractivity contribution in [3.63, 3.8) is 0 Å². The quantitative estimate of drug-likeness (QED) is 0.537. The molecule has 0 spiro atoms. The van der Waals surface area contributed by atoms with Crippen LogP contribution in [-0.2, 0) is 0 Å². The van der Waals surface area contributed by atoms with Crippen LogP contribution in [0.3, 0.4) is 0 Å². The van der Waals surface area contributed by atoms with Gasteiger partial charge in [0.15, 0.2) is 10.9 Å². The molecule has 2 aromatic heterocycles. The van der Waals surface area contributed by atoms with Gasteiger partial charge in [0.2, 0.25) is 0 Å². The third-order valence-corrected chi connectivity index (χ3v) is 4.88. The number of fused-ring (bicyclic) bond motifs is 1. The second kappa shape index (κ2) is 6.18. The van der Waals surface area contributed by atoms with Crippen molar-refractivity contribution in [1.82, 2.24) is 4.98 Å². The zero-order valence-electron chi connectivity index (χ0n) is 13.9. The molecule has 1 N–H and O–H groups in total. The second-order valence-corrected chi connectivity index (χ2v) is 7.10. The average molecular weight is 348 g/mol. The first-order chi connectivity index (χ1) is 12.1. The molecule has 1 amide bonds. The van der Waals surface area contributed by atoms with Crippen molar-refractivity contribution in [2.24, 2.45) is 0 Å². The third kappa shape index (κ3) is 3.06. The van der Waals surface area contributed by atoms with Crippen molar-refractivity contribution < 1.29 is 9.21 Å². The molecule has 124 valence electrons. The molecule has 0 aliphatic carbocycles. The van der Waals surface area contributed by atoms with E-state index in [1.807, 2.05) is 43.3 Å². The number of rotatable bonds is 3. The zero-order valence-corrected chi connectivity index (χ0v) is 14.7. The molecule has 4 nitrogen and oxygen atoms in total. The number of carbonyl (C=O) groups excluding carboxylic acids is 1. The van der Waals surface area contributed by atoms with Gasteiger partial charge in [-0.3, -0.25) is 10.1 Å². The number of aromatic nitrogens is 1. The fraction of sp³-hybridized carbons (Fsp3) is 0.100. The number of nitrogens with one attached hydrogen (secondary N) is 1. The summed E-state index contributed by atoms with van der Waals surface area (Å²) in [5.41, 5.74) is 3.84. The maximum absolute atomic E-state index is 12.4. The van der Waals surface area contributed by atoms with Crippen LogP contribution in [0.2, 0.25) is 0 Å². The fourth-order valence-electron chi connectivity index (χ4n) is 2.68. The van der Waals surface area contributed by atoms with Crippen LogP contribution in [0.4, 0.5) is 5.13 Å². The highest BCUT2D eigenvalue weighted by Crippen LogP contribution is 2.31. The molecule has 0 atom stereocenters. The Kier molecular flexibility index (Phi) is 3.86. The standard InChI is InChI=1S/C20H16N2O2S/c1-12-7-9-14(10-8-12)18-13(2)25-20(21-18)22-19(23)17-11-15-5-3-4-6-16(15)24-17/h3-11H,1-2H3,(H,21,22,23). The summed E-state index contributed by atoms with van der Waals surface area (Å²) < 4.78 is 5.60. The van der Waals surface area contributed by atoms with Crippen molar-refractivity contribution in [2.45, 2.75) is 13.8 Å². The van der Waals surface area contributed by atoms with Crippen LogP contribution < -0.4 is 5.32 Å². The smallest absolute Gasteiger partial charge is 0.293 e. The van der Waals surface area contributed by atoms with Crippen LogP contribution in [0.1, 0.15) is 21.0 Å². The molecule has 25 heavy (non-hydrogen) atoms. The maximum Gasteiger partial charge on any atom is 0.293 e. The first kappa shape index (κ1) is 15.6. The Bertz CT molecular complexity index is 1030. The van der Waals surface area contributed by atoms with E-state index in [1.165, 1.54) is 16.9 Å². The Morgan fingerprint density at radius 1 is 1.08 bits per heavy atom. The van der Waals surface area contributed by atoms with Crippen molar-refractivity contribution >= 4 is 33.3 Å². The number of carbonyl (C=O) groups is 1. The number of furan rings is 1. The molecule has 0 saturated heterocycles. The summed E-state index contributed by atoms with van der Waals surface area (Å²) >= 11 is 1.46. The normalized spacial score (nSPS) is 11.0. The molecule has 0 saturated carbocycles. The third-order valence-electron chi connectivity index (χ3n) is 3.99. The summed E-state index contributed by atoms with van der Waals surface area (Å²) in [6.45, 7) is 4.06. The summed E-state index contributed by atoms with van der Waals surface area (Å²) in [7, 11) is 0. The lowest BCUT2D eigenvalue weighted by molar-refractivity contribution is 0.0998. The molecule has 0 bridgehead atoms. The molecule has 0 aliphatic rings. The lowest BCUT2D eigenvalue weighted by Crippen LogP contribution is -2.10. The second-order valence-electron chi connectivity index (χ2n) is 5.89. The predicted molar refractivity (Wildman–Crippen MR) is 101 cm³/mol. The number of para-hydroxylation sites is 1. The largest absolute Gasteiger partial charge is 0.451 e. The number of thiazole rings is 1. The van der Waals surface area contributed by atoms with E-state index in [1.54, 1.807) is 6.07 Å². The van der Waals surface area contributed by atoms with Crippen LogP contribution in [0, 0.1) is 13.8 Å². The Morgan fingerprint density at radius 3 is 2.60 bits per heavy atom. The molecule has 2 aromatic carbocycles. The van der Waals surface area contributed by atoms with Crippen LogP contribution >= 0.6 is 11.3 Å². The summed E-state index contributed by atoms with van der Waals surface area (Å²) in [4.78, 5) is 18.1. The molecule has 0 radical (unpaired) electrons. The van der Waals surface area contributed by atoms with Gasteiger partial charge < -0.3 is 4.42 Å². The van der Waals surface area contributed by atoms with E-state index in [0.29, 0.717) is 10.7 Å². The topological polar surface area (TPSA) is 55.1 Å². The molecule has 4 aromatic rings. The van der Waals surface area contributed by atoms with Crippen LogP contribution in [0.15, 0.2) is 59.0 Å². The Balaban J connectivity index is 1.59. The summed E-state index contributed by atoms with van der Waals surface area (Å²) in [6, 6.07) is 17.5. The van der Waals surface area contributed by atoms with Crippen molar-refractivity contribution in [2.75, 3.05) is 5.32 Å². The van der Waals surface area contributed by atoms with Gasteiger partial charge >= 0.3 is 0 Å². The van der Waals surface area contributed by atoms with Crippen LogP contribution in [0.25, 0.3) is 22.2 Å². The predicted octanol–water partition coefficient (Wildman–Crippen LogP) is 5.43. The number of hydrogen-bond acceptors (Lipinski definition) is 4. The Hall–Kier alpha value is -2.92. The van der Waals surface area contributed by atoms with Gasteiger partial charge in [0.05, 0.1) is 5.69 Å². The summed E-state index contributed by atoms with van der Waals surface area (Å²) in [5, 5.41) is 4.31. The van der Waals surface area contributed by atoms with Gasteiger partial charge in [-0.25, -0.2) is 4.98 Å². The van der Waals surface area contributed by atoms with Crippen LogP contribution in [0.5, 0.6) is 0 Å². The van der Waals surface area contributed by atoms with E-state index < -0.39 is 0 Å². The van der Waals surface area contributed by atoms with Gasteiger partial charge in [0, 0.05) is 15.8 Å².